The first kappa shape index (κ1) is 11.2. The topological polar surface area (TPSA) is 91.5 Å². The van der Waals surface area contributed by atoms with Gasteiger partial charge in [0.25, 0.3) is 0 Å². The fourth-order valence-electron chi connectivity index (χ4n) is 0.769. The lowest BCUT2D eigenvalue weighted by Gasteiger charge is -2.10. The summed E-state index contributed by atoms with van der Waals surface area (Å²) >= 11 is 0. The van der Waals surface area contributed by atoms with Crippen LogP contribution in [0.15, 0.2) is 4.79 Å². The minimum atomic E-state index is -0.786. The summed E-state index contributed by atoms with van der Waals surface area (Å²) in [5.74, 6) is 0. The van der Waals surface area contributed by atoms with Crippen molar-refractivity contribution in [3.63, 3.8) is 0 Å². The van der Waals surface area contributed by atoms with Gasteiger partial charge in [0, 0.05) is 7.05 Å². The highest BCUT2D eigenvalue weighted by atomic mass is 16.7. The molecular weight excluding hydrogens is 206 g/mol. The molecule has 1 aromatic rings. The maximum Gasteiger partial charge on any atom is 0.406 e. The van der Waals surface area contributed by atoms with E-state index in [1.807, 2.05) is 0 Å². The highest BCUT2D eigenvalue weighted by Crippen LogP contribution is 1.86. The molecule has 9 nitrogen and oxygen atoms in total. The number of hydrogen-bond donors (Lipinski definition) is 0. The van der Waals surface area contributed by atoms with Gasteiger partial charge in [-0.25, -0.2) is 14.7 Å². The van der Waals surface area contributed by atoms with Crippen molar-refractivity contribution in [2.45, 2.75) is 6.92 Å². The van der Waals surface area contributed by atoms with E-state index < -0.39 is 11.7 Å². The van der Waals surface area contributed by atoms with Crippen LogP contribution in [0, 0.1) is 0 Å². The third-order valence-electron chi connectivity index (χ3n) is 1.53. The maximum absolute atomic E-state index is 11.4. The molecule has 15 heavy (non-hydrogen) atoms. The number of rotatable bonds is 3. The van der Waals surface area contributed by atoms with Gasteiger partial charge in [0.2, 0.25) is 0 Å². The van der Waals surface area contributed by atoms with Crippen molar-refractivity contribution in [1.82, 2.24) is 25.0 Å². The molecule has 0 aliphatic carbocycles. The summed E-state index contributed by atoms with van der Waals surface area (Å²) in [6, 6.07) is -0.756. The van der Waals surface area contributed by atoms with Gasteiger partial charge in [-0.1, -0.05) is 0 Å². The van der Waals surface area contributed by atoms with E-state index in [2.05, 4.69) is 15.3 Å². The van der Waals surface area contributed by atoms with Gasteiger partial charge in [0.15, 0.2) is 0 Å². The van der Waals surface area contributed by atoms with Crippen molar-refractivity contribution in [1.29, 1.82) is 0 Å². The number of carbonyl (C=O) groups is 1. The molecule has 0 atom stereocenters. The smallest absolute Gasteiger partial charge is 0.391 e. The Morgan fingerprint density at radius 1 is 1.53 bits per heavy atom. The third kappa shape index (κ3) is 2.13. The first-order chi connectivity index (χ1) is 7.11. The molecule has 1 heterocycles. The zero-order chi connectivity index (χ0) is 11.4. The Morgan fingerprint density at radius 3 is 2.73 bits per heavy atom. The van der Waals surface area contributed by atoms with E-state index in [1.54, 1.807) is 6.92 Å². The van der Waals surface area contributed by atoms with E-state index >= 15 is 0 Å². The van der Waals surface area contributed by atoms with Crippen LogP contribution < -0.4 is 10.5 Å². The normalized spacial score (nSPS) is 10.1. The van der Waals surface area contributed by atoms with Gasteiger partial charge in [-0.2, -0.15) is 0 Å². The van der Waals surface area contributed by atoms with Crippen LogP contribution in [-0.4, -0.2) is 51.8 Å². The van der Waals surface area contributed by atoms with Crippen LogP contribution in [0.3, 0.4) is 0 Å². The number of hydroxylamine groups is 2. The second-order valence-corrected chi connectivity index (χ2v) is 2.43. The van der Waals surface area contributed by atoms with Gasteiger partial charge in [0.1, 0.15) is 6.61 Å². The predicted octanol–water partition coefficient (Wildman–Crippen LogP) is -1.65. The predicted molar refractivity (Wildman–Crippen MR) is 47.0 cm³/mol. The Kier molecular flexibility index (Phi) is 3.39. The monoisotopic (exact) mass is 217 g/mol. The lowest BCUT2D eigenvalue weighted by Crippen LogP contribution is -2.39. The second-order valence-electron chi connectivity index (χ2n) is 2.43. The van der Waals surface area contributed by atoms with E-state index in [9.17, 15) is 9.59 Å². The van der Waals surface area contributed by atoms with E-state index in [0.29, 0.717) is 9.53 Å². The summed E-state index contributed by atoms with van der Waals surface area (Å²) < 4.78 is 0.527. The molecule has 0 spiro atoms. The van der Waals surface area contributed by atoms with Crippen LogP contribution in [0.5, 0.6) is 0 Å². The number of nitrogens with zero attached hydrogens (tertiary/aromatic N) is 5. The Balaban J connectivity index is 2.96. The van der Waals surface area contributed by atoms with Gasteiger partial charge >= 0.3 is 11.7 Å². The van der Waals surface area contributed by atoms with Crippen LogP contribution in [0.25, 0.3) is 0 Å². The summed E-state index contributed by atoms with van der Waals surface area (Å²) in [5.41, 5.74) is -0.786. The zero-order valence-electron chi connectivity index (χ0n) is 8.58. The summed E-state index contributed by atoms with van der Waals surface area (Å²) in [6.07, 6.45) is 0. The number of amides is 1. The van der Waals surface area contributed by atoms with Crippen LogP contribution in [-0.2, 0) is 4.84 Å². The molecule has 0 bridgehead atoms. The molecule has 0 aliphatic heterocycles. The average molecular weight is 217 g/mol. The van der Waals surface area contributed by atoms with E-state index in [-0.39, 0.29) is 6.61 Å². The number of hydrogen-bond acceptors (Lipinski definition) is 6. The summed E-state index contributed by atoms with van der Waals surface area (Å²) in [5, 5.41) is 7.50. The molecule has 1 rings (SSSR count). The average Bonchev–Trinajstić information content (AvgIpc) is 2.59. The lowest BCUT2D eigenvalue weighted by molar-refractivity contribution is -0.0657. The summed E-state index contributed by atoms with van der Waals surface area (Å²) in [6.45, 7) is 1.92. The van der Waals surface area contributed by atoms with Crippen LogP contribution >= 0.6 is 0 Å². The van der Waals surface area contributed by atoms with Gasteiger partial charge in [-0.05, 0) is 22.2 Å². The number of tetrazole rings is 1. The van der Waals surface area contributed by atoms with Gasteiger partial charge in [0.05, 0.1) is 7.11 Å². The molecule has 0 saturated heterocycles. The molecule has 0 N–H and O–H groups in total. The van der Waals surface area contributed by atoms with Crippen molar-refractivity contribution in [2.75, 3.05) is 20.8 Å². The molecule has 1 aromatic heterocycles. The van der Waals surface area contributed by atoms with Crippen molar-refractivity contribution in [3.8, 4) is 0 Å². The maximum atomic E-state index is 11.4. The molecule has 0 saturated carbocycles. The highest BCUT2D eigenvalue weighted by molar-refractivity contribution is 5.73. The highest BCUT2D eigenvalue weighted by Gasteiger charge is 2.18. The van der Waals surface area contributed by atoms with Gasteiger partial charge < -0.3 is 4.84 Å². The molecule has 84 valence electrons. The van der Waals surface area contributed by atoms with Crippen LogP contribution in [0.1, 0.15) is 6.92 Å². The van der Waals surface area contributed by atoms with Crippen molar-refractivity contribution < 1.29 is 14.5 Å². The molecule has 0 aromatic carbocycles. The second kappa shape index (κ2) is 4.55. The first-order valence-corrected chi connectivity index (χ1v) is 4.12. The van der Waals surface area contributed by atoms with E-state index in [0.717, 1.165) is 5.06 Å². The SMILES string of the molecule is CCOn1nnn(C(=O)N(C)OC)c1=O. The Morgan fingerprint density at radius 2 is 2.20 bits per heavy atom. The lowest BCUT2D eigenvalue weighted by atomic mass is 10.9. The van der Waals surface area contributed by atoms with Crippen LogP contribution in [0.4, 0.5) is 4.79 Å². The Hall–Kier alpha value is -1.90. The molecule has 0 fully saturated rings. The molecule has 0 unspecified atom stereocenters. The van der Waals surface area contributed by atoms with Crippen LogP contribution in [0.2, 0.25) is 0 Å². The van der Waals surface area contributed by atoms with Crippen molar-refractivity contribution in [3.05, 3.63) is 10.5 Å². The minimum absolute atomic E-state index is 0.243. The summed E-state index contributed by atoms with van der Waals surface area (Å²) in [4.78, 5) is 32.8. The number of aromatic nitrogens is 4. The van der Waals surface area contributed by atoms with Gasteiger partial charge in [-0.15, -0.1) is 4.68 Å². The Bertz CT molecular complexity index is 396. The summed E-state index contributed by atoms with van der Waals surface area (Å²) in [7, 11) is 2.63. The third-order valence-corrected chi connectivity index (χ3v) is 1.53. The quantitative estimate of drug-likeness (QED) is 0.445. The van der Waals surface area contributed by atoms with Crippen molar-refractivity contribution in [2.24, 2.45) is 0 Å². The molecule has 1 amide bonds. The van der Waals surface area contributed by atoms with E-state index in [1.165, 1.54) is 14.2 Å². The number of carbonyl (C=O) groups excluding carboxylic acids is 1. The fourth-order valence-corrected chi connectivity index (χ4v) is 0.769. The zero-order valence-corrected chi connectivity index (χ0v) is 8.58. The van der Waals surface area contributed by atoms with Crippen molar-refractivity contribution >= 4 is 6.03 Å². The minimum Gasteiger partial charge on any atom is -0.391 e. The largest absolute Gasteiger partial charge is 0.406 e. The fraction of sp³-hybridized carbons (Fsp3) is 0.667. The van der Waals surface area contributed by atoms with Gasteiger partial charge in [-0.3, -0.25) is 4.84 Å². The van der Waals surface area contributed by atoms with E-state index in [4.69, 9.17) is 4.84 Å². The molecule has 9 heteroatoms. The molecule has 0 aliphatic rings. The standard InChI is InChI=1S/C6H11N5O4/c1-4-15-11-6(13)10(7-8-11)5(12)9(2)14-3/h4H2,1-3H3. The molecule has 0 radical (unpaired) electrons. The Labute approximate surface area is 84.7 Å². The molecular formula is C6H11N5O4. The first-order valence-electron chi connectivity index (χ1n) is 4.12.